The average Bonchev–Trinajstić information content (AvgIpc) is 3.14. The number of amides is 4. The van der Waals surface area contributed by atoms with Gasteiger partial charge < -0.3 is 49.2 Å². The Balaban J connectivity index is 0.00000930. The largest absolute Gasteiger partial charge is 2.00 e. The molecule has 0 radical (unpaired) electrons. The van der Waals surface area contributed by atoms with Crippen LogP contribution in [0.4, 0.5) is 4.79 Å². The fourth-order valence-electron chi connectivity index (χ4n) is 7.13. The van der Waals surface area contributed by atoms with Gasteiger partial charge in [-0.15, -0.1) is 0 Å². The molecular weight excluding hydrogens is 804 g/mol. The number of rotatable bonds is 21. The van der Waals surface area contributed by atoms with Crippen LogP contribution in [0.15, 0.2) is 78.9 Å². The molecule has 1 aliphatic rings. The summed E-state index contributed by atoms with van der Waals surface area (Å²) in [5.41, 5.74) is 2.32. The van der Waals surface area contributed by atoms with Crippen LogP contribution in [0, 0.1) is 25.2 Å². The molecule has 4 atom stereocenters. The third-order valence-electron chi connectivity index (χ3n) is 9.91. The number of carbonyl (C=O) groups excluding carboxylic acids is 4. The first-order valence-corrected chi connectivity index (χ1v) is 21.1. The van der Waals surface area contributed by atoms with Crippen LogP contribution in [-0.2, 0) is 41.1 Å². The Labute approximate surface area is 377 Å². The van der Waals surface area contributed by atoms with Crippen molar-refractivity contribution in [1.82, 2.24) is 20.9 Å². The zero-order valence-electron chi connectivity index (χ0n) is 34.9. The van der Waals surface area contributed by atoms with Gasteiger partial charge in [-0.05, 0) is 66.7 Å². The van der Waals surface area contributed by atoms with Crippen LogP contribution in [0.1, 0.15) is 69.2 Å². The van der Waals surface area contributed by atoms with Crippen LogP contribution < -0.4 is 30.5 Å². The third kappa shape index (κ3) is 16.8. The van der Waals surface area contributed by atoms with Crippen molar-refractivity contribution >= 4 is 69.4 Å². The number of carbonyl (C=O) groups is 4. The van der Waals surface area contributed by atoms with Gasteiger partial charge in [0.1, 0.15) is 17.9 Å². The molecule has 14 nitrogen and oxygen atoms in total. The quantitative estimate of drug-likeness (QED) is 0.0806. The summed E-state index contributed by atoms with van der Waals surface area (Å²) in [6, 6.07) is 21.9. The maximum atomic E-state index is 14.3. The number of aryl methyl sites for hydroxylation is 2. The van der Waals surface area contributed by atoms with Crippen LogP contribution in [0.2, 0.25) is 0 Å². The predicted octanol–water partition coefficient (Wildman–Crippen LogP) is 3.76. The Morgan fingerprint density at radius 3 is 2.05 bits per heavy atom. The van der Waals surface area contributed by atoms with Crippen LogP contribution in [0.25, 0.3) is 0 Å². The number of nitrogens with zero attached hydrogens (tertiary/aromatic N) is 1. The van der Waals surface area contributed by atoms with Crippen molar-refractivity contribution in [3.63, 3.8) is 0 Å². The SMILES string of the molecule is Cc1cccc(C)c1OCC(=O)N[C@@H](Cc1ccccc1)[C@H](C[C@@H](Cc1ccccc1)NC(=O)[C@H](C(C)C)N1CCCNC1=O)OC(=O)CC(C)(C)COP(=O)([O-])[O-].[Ca+2]. The van der Waals surface area contributed by atoms with Gasteiger partial charge >= 0.3 is 49.7 Å². The number of phosphoric ester groups is 1. The van der Waals surface area contributed by atoms with E-state index in [1.165, 1.54) is 0 Å². The summed E-state index contributed by atoms with van der Waals surface area (Å²) in [6.07, 6.45) is -0.119. The Kier molecular flexibility index (Phi) is 19.9. The van der Waals surface area contributed by atoms with Crippen molar-refractivity contribution in [3.05, 3.63) is 101 Å². The van der Waals surface area contributed by atoms with Gasteiger partial charge in [0.2, 0.25) is 5.91 Å². The molecule has 4 amide bonds. The number of ether oxygens (including phenoxy) is 2. The van der Waals surface area contributed by atoms with Crippen molar-refractivity contribution in [3.8, 4) is 5.75 Å². The van der Waals surface area contributed by atoms with Crippen molar-refractivity contribution in [1.29, 1.82) is 0 Å². The maximum absolute atomic E-state index is 14.3. The first kappa shape index (κ1) is 49.9. The summed E-state index contributed by atoms with van der Waals surface area (Å²) in [6.45, 7) is 10.7. The molecule has 1 heterocycles. The summed E-state index contributed by atoms with van der Waals surface area (Å²) in [5, 5.41) is 9.05. The van der Waals surface area contributed by atoms with Crippen molar-refractivity contribution < 1.29 is 47.5 Å². The van der Waals surface area contributed by atoms with Gasteiger partial charge in [-0.3, -0.25) is 14.4 Å². The molecule has 0 spiro atoms. The summed E-state index contributed by atoms with van der Waals surface area (Å²) in [4.78, 5) is 78.9. The van der Waals surface area contributed by atoms with Gasteiger partial charge in [-0.1, -0.05) is 107 Å². The normalized spacial score (nSPS) is 15.2. The van der Waals surface area contributed by atoms with Gasteiger partial charge in [0, 0.05) is 25.6 Å². The van der Waals surface area contributed by atoms with Crippen LogP contribution in [0.5, 0.6) is 5.75 Å². The van der Waals surface area contributed by atoms with E-state index in [1.54, 1.807) is 18.7 Å². The summed E-state index contributed by atoms with van der Waals surface area (Å²) >= 11 is 0. The van der Waals surface area contributed by atoms with E-state index in [4.69, 9.17) is 9.47 Å². The molecule has 59 heavy (non-hydrogen) atoms. The van der Waals surface area contributed by atoms with E-state index < -0.39 is 56.0 Å². The topological polar surface area (TPSA) is 198 Å². The average molecular weight is 861 g/mol. The molecule has 0 bridgehead atoms. The Bertz CT molecular complexity index is 1860. The minimum absolute atomic E-state index is 0. The van der Waals surface area contributed by atoms with E-state index in [2.05, 4.69) is 20.5 Å². The fraction of sp³-hybridized carbons (Fsp3) is 0.488. The molecule has 1 fully saturated rings. The first-order chi connectivity index (χ1) is 27.4. The van der Waals surface area contributed by atoms with E-state index in [-0.39, 0.29) is 81.5 Å². The summed E-state index contributed by atoms with van der Waals surface area (Å²) in [7, 11) is -5.32. The smallest absolute Gasteiger partial charge is 0.790 e. The van der Waals surface area contributed by atoms with E-state index in [1.807, 2.05) is 107 Å². The van der Waals surface area contributed by atoms with Crippen molar-refractivity contribution in [2.24, 2.45) is 11.3 Å². The fourth-order valence-corrected chi connectivity index (χ4v) is 7.64. The number of nitrogens with one attached hydrogen (secondary N) is 3. The van der Waals surface area contributed by atoms with Gasteiger partial charge in [0.05, 0.1) is 26.9 Å². The first-order valence-electron chi connectivity index (χ1n) is 19.7. The van der Waals surface area contributed by atoms with E-state index in [0.717, 1.165) is 22.3 Å². The molecule has 0 saturated carbocycles. The molecule has 16 heteroatoms. The second-order valence-corrected chi connectivity index (χ2v) is 17.2. The van der Waals surface area contributed by atoms with E-state index in [9.17, 15) is 33.5 Å². The van der Waals surface area contributed by atoms with Gasteiger partial charge in [-0.25, -0.2) is 4.79 Å². The van der Waals surface area contributed by atoms with Gasteiger partial charge in [0.15, 0.2) is 6.61 Å². The van der Waals surface area contributed by atoms with E-state index in [0.29, 0.717) is 31.7 Å². The maximum Gasteiger partial charge on any atom is 2.00 e. The molecule has 3 N–H and O–H groups in total. The summed E-state index contributed by atoms with van der Waals surface area (Å²) in [5.74, 6) is -1.24. The Hall–Kier alpha value is -3.49. The molecule has 3 aromatic carbocycles. The second kappa shape index (κ2) is 23.5. The van der Waals surface area contributed by atoms with Crippen molar-refractivity contribution in [2.45, 2.75) is 97.9 Å². The number of benzene rings is 3. The second-order valence-electron chi connectivity index (χ2n) is 16.1. The molecular formula is C43H57CaN4O10P. The van der Waals surface area contributed by atoms with Gasteiger partial charge in [0.25, 0.3) is 5.91 Å². The molecule has 1 saturated heterocycles. The van der Waals surface area contributed by atoms with E-state index >= 15 is 0 Å². The molecule has 1 aliphatic heterocycles. The Morgan fingerprint density at radius 2 is 1.49 bits per heavy atom. The predicted molar refractivity (Wildman–Crippen MR) is 221 cm³/mol. The Morgan fingerprint density at radius 1 is 0.898 bits per heavy atom. The van der Waals surface area contributed by atoms with Crippen LogP contribution >= 0.6 is 7.82 Å². The molecule has 316 valence electrons. The molecule has 3 aromatic rings. The number of hydrogen-bond donors (Lipinski definition) is 3. The number of phosphoric acid groups is 1. The van der Waals surface area contributed by atoms with Gasteiger partial charge in [-0.2, -0.15) is 0 Å². The number of para-hydroxylation sites is 1. The monoisotopic (exact) mass is 860 g/mol. The zero-order chi connectivity index (χ0) is 42.5. The molecule has 0 unspecified atom stereocenters. The van der Waals surface area contributed by atoms with Crippen LogP contribution in [0.3, 0.4) is 0 Å². The minimum Gasteiger partial charge on any atom is -0.790 e. The number of esters is 1. The minimum atomic E-state index is -5.32. The number of urea groups is 1. The van der Waals surface area contributed by atoms with Crippen molar-refractivity contribution in [2.75, 3.05) is 26.3 Å². The third-order valence-corrected chi connectivity index (χ3v) is 10.4. The van der Waals surface area contributed by atoms with Crippen LogP contribution in [-0.4, -0.2) is 117 Å². The number of hydrogen-bond acceptors (Lipinski definition) is 10. The molecule has 0 aliphatic carbocycles. The zero-order valence-corrected chi connectivity index (χ0v) is 38.0. The standard InChI is InChI=1S/C43H59N4O10P.Ca/c1-29(2)39(47-22-14-21-44-42(47)51)41(50)45-34(23-32-17-9-7-10-18-32)25-36(57-38(49)26-43(5,6)28-56-58(52,53)54)35(24-33-19-11-8-12-20-33)46-37(48)27-55-40-30(3)15-13-16-31(40)4;/h7-13,15-20,29,34-36,39H,14,21-28H2,1-6H3,(H,44,51)(H,45,50)(H,46,48)(H2,52,53,54);/q;+2/p-2/t34-,35+,36+,39+;/m1./s1. The molecule has 0 aromatic heterocycles. The molecule has 4 rings (SSSR count). The summed E-state index contributed by atoms with van der Waals surface area (Å²) < 4.78 is 28.0.